The van der Waals surface area contributed by atoms with E-state index in [1.807, 2.05) is 24.3 Å². The lowest BCUT2D eigenvalue weighted by atomic mass is 10.2. The van der Waals surface area contributed by atoms with Crippen LogP contribution in [0.2, 0.25) is 0 Å². The summed E-state index contributed by atoms with van der Waals surface area (Å²) in [5, 5.41) is 9.32. The Hall–Kier alpha value is -4.17. The second-order valence-electron chi connectivity index (χ2n) is 6.79. The maximum absolute atomic E-state index is 12.6. The predicted molar refractivity (Wildman–Crippen MR) is 127 cm³/mol. The van der Waals surface area contributed by atoms with Crippen molar-refractivity contribution in [3.8, 4) is 5.75 Å². The summed E-state index contributed by atoms with van der Waals surface area (Å²) in [5.74, 6) is -0.104. The number of fused-ring (bicyclic) bond motifs is 1. The molecule has 0 saturated carbocycles. The van der Waals surface area contributed by atoms with Gasteiger partial charge in [-0.2, -0.15) is 0 Å². The first-order chi connectivity index (χ1) is 15.5. The van der Waals surface area contributed by atoms with Crippen molar-refractivity contribution in [2.45, 2.75) is 0 Å². The highest BCUT2D eigenvalue weighted by molar-refractivity contribution is 7.80. The number of thiocarbonyl (C=S) groups is 1. The van der Waals surface area contributed by atoms with Gasteiger partial charge >= 0.3 is 0 Å². The van der Waals surface area contributed by atoms with Gasteiger partial charge in [0.25, 0.3) is 11.8 Å². The normalized spacial score (nSPS) is 10.4. The molecule has 1 aromatic heterocycles. The van der Waals surface area contributed by atoms with E-state index < -0.39 is 5.91 Å². The highest BCUT2D eigenvalue weighted by Crippen LogP contribution is 2.29. The molecule has 4 rings (SSSR count). The number of hydrogen-bond acceptors (Lipinski definition) is 5. The maximum atomic E-state index is 12.6. The summed E-state index contributed by atoms with van der Waals surface area (Å²) >= 11 is 5.22. The Morgan fingerprint density at radius 3 is 2.38 bits per heavy atom. The number of nitrogens with one attached hydrogen (secondary N) is 3. The minimum Gasteiger partial charge on any atom is -0.494 e. The first-order valence-electron chi connectivity index (χ1n) is 9.69. The first kappa shape index (κ1) is 21.1. The number of anilines is 2. The Labute approximate surface area is 189 Å². The molecule has 0 bridgehead atoms. The minimum atomic E-state index is -0.397. The number of ether oxygens (including phenoxy) is 1. The summed E-state index contributed by atoms with van der Waals surface area (Å²) in [6.07, 6.45) is 0. The lowest BCUT2D eigenvalue weighted by Crippen LogP contribution is -2.34. The molecule has 0 aliphatic carbocycles. The molecule has 1 heterocycles. The lowest BCUT2D eigenvalue weighted by Gasteiger charge is -2.13. The quantitative estimate of drug-likeness (QED) is 0.382. The van der Waals surface area contributed by atoms with E-state index in [4.69, 9.17) is 21.4 Å². The van der Waals surface area contributed by atoms with Crippen molar-refractivity contribution in [1.29, 1.82) is 0 Å². The molecule has 0 atom stereocenters. The number of carbonyl (C=O) groups is 2. The van der Waals surface area contributed by atoms with E-state index >= 15 is 0 Å². The van der Waals surface area contributed by atoms with Crippen molar-refractivity contribution in [3.63, 3.8) is 0 Å². The van der Waals surface area contributed by atoms with Crippen LogP contribution in [0, 0.1) is 0 Å². The van der Waals surface area contributed by atoms with Gasteiger partial charge in [-0.05, 0) is 48.6 Å². The van der Waals surface area contributed by atoms with Gasteiger partial charge in [0.1, 0.15) is 11.3 Å². The molecule has 8 heteroatoms. The zero-order chi connectivity index (χ0) is 22.5. The molecule has 0 radical (unpaired) electrons. The van der Waals surface area contributed by atoms with E-state index in [2.05, 4.69) is 16.0 Å². The van der Waals surface area contributed by atoms with Crippen molar-refractivity contribution in [2.75, 3.05) is 17.7 Å². The summed E-state index contributed by atoms with van der Waals surface area (Å²) in [6.45, 7) is 0. The minimum absolute atomic E-state index is 0.139. The van der Waals surface area contributed by atoms with Crippen LogP contribution >= 0.6 is 12.2 Å². The van der Waals surface area contributed by atoms with Gasteiger partial charge in [-0.3, -0.25) is 14.9 Å². The Bertz CT molecular complexity index is 1270. The van der Waals surface area contributed by atoms with E-state index in [1.165, 1.54) is 7.11 Å². The molecule has 0 spiro atoms. The number of para-hydroxylation sites is 1. The fourth-order valence-electron chi connectivity index (χ4n) is 3.08. The van der Waals surface area contributed by atoms with Gasteiger partial charge in [0.05, 0.1) is 12.8 Å². The summed E-state index contributed by atoms with van der Waals surface area (Å²) in [4.78, 5) is 24.8. The van der Waals surface area contributed by atoms with E-state index in [9.17, 15) is 9.59 Å². The zero-order valence-corrected chi connectivity index (χ0v) is 17.9. The van der Waals surface area contributed by atoms with Gasteiger partial charge in [-0.1, -0.05) is 36.4 Å². The second-order valence-corrected chi connectivity index (χ2v) is 7.20. The predicted octanol–water partition coefficient (Wildman–Crippen LogP) is 4.82. The van der Waals surface area contributed by atoms with Crippen LogP contribution < -0.4 is 20.7 Å². The highest BCUT2D eigenvalue weighted by atomic mass is 32.1. The molecule has 3 aromatic carbocycles. The first-order valence-corrected chi connectivity index (χ1v) is 10.1. The van der Waals surface area contributed by atoms with Crippen molar-refractivity contribution in [3.05, 3.63) is 90.2 Å². The molecular formula is C24H19N3O4S. The average Bonchev–Trinajstić information content (AvgIpc) is 3.25. The zero-order valence-electron chi connectivity index (χ0n) is 17.0. The Morgan fingerprint density at radius 1 is 0.875 bits per heavy atom. The monoisotopic (exact) mass is 445 g/mol. The standard InChI is InChI=1S/C24H19N3O4S/c1-30-20-14-17(25-24(32)27-22(28)15-7-3-2-4-8-15)11-12-18(20)26-23(29)21-13-16-9-5-6-10-19(16)31-21/h2-14H,1H3,(H,26,29)(H2,25,27,28,32). The average molecular weight is 446 g/mol. The van der Waals surface area contributed by atoms with Crippen molar-refractivity contribution in [2.24, 2.45) is 0 Å². The fourth-order valence-corrected chi connectivity index (χ4v) is 3.29. The van der Waals surface area contributed by atoms with Crippen LogP contribution in [0.25, 0.3) is 11.0 Å². The van der Waals surface area contributed by atoms with Gasteiger partial charge in [0, 0.05) is 22.7 Å². The number of amides is 2. The second kappa shape index (κ2) is 9.32. The van der Waals surface area contributed by atoms with Gasteiger partial charge in [0.15, 0.2) is 10.9 Å². The SMILES string of the molecule is COc1cc(NC(=S)NC(=O)c2ccccc2)ccc1NC(=O)c1cc2ccccc2o1. The Balaban J connectivity index is 1.43. The highest BCUT2D eigenvalue weighted by Gasteiger charge is 2.15. The van der Waals surface area contributed by atoms with E-state index in [0.29, 0.717) is 28.3 Å². The van der Waals surface area contributed by atoms with Crippen molar-refractivity contribution < 1.29 is 18.7 Å². The summed E-state index contributed by atoms with van der Waals surface area (Å²) < 4.78 is 11.0. The molecule has 0 saturated heterocycles. The molecule has 0 fully saturated rings. The molecular weight excluding hydrogens is 426 g/mol. The molecule has 3 N–H and O–H groups in total. The topological polar surface area (TPSA) is 92.6 Å². The van der Waals surface area contributed by atoms with Crippen LogP contribution in [0.5, 0.6) is 5.75 Å². The van der Waals surface area contributed by atoms with E-state index in [1.54, 1.807) is 54.6 Å². The number of rotatable bonds is 5. The number of benzene rings is 3. The number of carbonyl (C=O) groups excluding carboxylic acids is 2. The van der Waals surface area contributed by atoms with Crippen LogP contribution in [-0.4, -0.2) is 24.0 Å². The molecule has 32 heavy (non-hydrogen) atoms. The molecule has 0 aliphatic heterocycles. The molecule has 0 unspecified atom stereocenters. The van der Waals surface area contributed by atoms with Gasteiger partial charge in [0.2, 0.25) is 0 Å². The number of methoxy groups -OCH3 is 1. The third-order valence-corrected chi connectivity index (χ3v) is 4.82. The summed E-state index contributed by atoms with van der Waals surface area (Å²) in [6, 6.07) is 22.9. The summed E-state index contributed by atoms with van der Waals surface area (Å²) in [7, 11) is 1.49. The lowest BCUT2D eigenvalue weighted by molar-refractivity contribution is 0.0975. The molecule has 160 valence electrons. The molecule has 2 amide bonds. The van der Waals surface area contributed by atoms with Crippen LogP contribution in [0.4, 0.5) is 11.4 Å². The van der Waals surface area contributed by atoms with Gasteiger partial charge in [-0.15, -0.1) is 0 Å². The van der Waals surface area contributed by atoms with Crippen LogP contribution in [0.1, 0.15) is 20.9 Å². The largest absolute Gasteiger partial charge is 0.494 e. The van der Waals surface area contributed by atoms with E-state index in [-0.39, 0.29) is 16.8 Å². The van der Waals surface area contributed by atoms with Crippen LogP contribution in [0.3, 0.4) is 0 Å². The summed E-state index contributed by atoms with van der Waals surface area (Å²) in [5.41, 5.74) is 2.18. The molecule has 0 aliphatic rings. The maximum Gasteiger partial charge on any atom is 0.291 e. The van der Waals surface area contributed by atoms with Crippen molar-refractivity contribution in [1.82, 2.24) is 5.32 Å². The Morgan fingerprint density at radius 2 is 1.62 bits per heavy atom. The van der Waals surface area contributed by atoms with Gasteiger partial charge < -0.3 is 19.8 Å². The number of furan rings is 1. The Kier molecular flexibility index (Phi) is 6.14. The van der Waals surface area contributed by atoms with Gasteiger partial charge in [-0.25, -0.2) is 0 Å². The molecule has 4 aromatic rings. The van der Waals surface area contributed by atoms with Crippen LogP contribution in [-0.2, 0) is 0 Å². The third kappa shape index (κ3) is 4.76. The molecule has 7 nitrogen and oxygen atoms in total. The van der Waals surface area contributed by atoms with E-state index in [0.717, 1.165) is 5.39 Å². The fraction of sp³-hybridized carbons (Fsp3) is 0.0417. The number of hydrogen-bond donors (Lipinski definition) is 3. The van der Waals surface area contributed by atoms with Crippen molar-refractivity contribution >= 4 is 51.5 Å². The smallest absolute Gasteiger partial charge is 0.291 e. The third-order valence-electron chi connectivity index (χ3n) is 4.62. The van der Waals surface area contributed by atoms with Crippen LogP contribution in [0.15, 0.2) is 83.3 Å².